The summed E-state index contributed by atoms with van der Waals surface area (Å²) in [5.74, 6) is 0. The van der Waals surface area contributed by atoms with E-state index in [0.29, 0.717) is 0 Å². The summed E-state index contributed by atoms with van der Waals surface area (Å²) in [5, 5.41) is 19.8. The van der Waals surface area contributed by atoms with Gasteiger partial charge in [0, 0.05) is 6.07 Å². The number of rotatable bonds is 3. The molecule has 0 spiro atoms. The Hall–Kier alpha value is -2.26. The monoisotopic (exact) mass is 282 g/mol. The van der Waals surface area contributed by atoms with Crippen LogP contribution in [0.2, 0.25) is 0 Å². The lowest BCUT2D eigenvalue weighted by atomic mass is 10.2. The number of para-hydroxylation sites is 2. The van der Waals surface area contributed by atoms with Gasteiger partial charge in [-0.25, -0.2) is 18.2 Å². The SMILES string of the molecule is Cc1c(S(N)(=O)=O)cnn1-c1ccccc1[N+](=O)[O-]. The van der Waals surface area contributed by atoms with E-state index < -0.39 is 14.9 Å². The highest BCUT2D eigenvalue weighted by molar-refractivity contribution is 7.89. The molecule has 0 bridgehead atoms. The summed E-state index contributed by atoms with van der Waals surface area (Å²) in [7, 11) is -3.91. The highest BCUT2D eigenvalue weighted by atomic mass is 32.2. The van der Waals surface area contributed by atoms with Gasteiger partial charge in [-0.15, -0.1) is 0 Å². The summed E-state index contributed by atoms with van der Waals surface area (Å²) in [6, 6.07) is 5.90. The van der Waals surface area contributed by atoms with Crippen LogP contribution in [0.1, 0.15) is 5.69 Å². The molecule has 0 aliphatic carbocycles. The van der Waals surface area contributed by atoms with E-state index in [9.17, 15) is 18.5 Å². The van der Waals surface area contributed by atoms with E-state index in [1.165, 1.54) is 29.8 Å². The number of aromatic nitrogens is 2. The lowest BCUT2D eigenvalue weighted by Gasteiger charge is -2.05. The third kappa shape index (κ3) is 2.33. The topological polar surface area (TPSA) is 121 Å². The molecule has 19 heavy (non-hydrogen) atoms. The van der Waals surface area contributed by atoms with Crippen LogP contribution in [0, 0.1) is 17.0 Å². The highest BCUT2D eigenvalue weighted by Crippen LogP contribution is 2.24. The summed E-state index contributed by atoms with van der Waals surface area (Å²) in [6.07, 6.45) is 1.07. The average molecular weight is 282 g/mol. The molecular weight excluding hydrogens is 272 g/mol. The molecule has 1 heterocycles. The van der Waals surface area contributed by atoms with Crippen molar-refractivity contribution in [1.82, 2.24) is 9.78 Å². The molecule has 2 aromatic rings. The standard InChI is InChI=1S/C10H10N4O4S/c1-7-10(19(11,17)18)6-12-13(7)8-4-2-3-5-9(8)14(15)16/h2-6H,1H3,(H2,11,17,18). The number of sulfonamides is 1. The van der Waals surface area contributed by atoms with Crippen LogP contribution in [0.4, 0.5) is 5.69 Å². The normalized spacial score (nSPS) is 11.5. The molecule has 0 unspecified atom stereocenters. The molecule has 9 heteroatoms. The van der Waals surface area contributed by atoms with Gasteiger partial charge in [-0.05, 0) is 13.0 Å². The van der Waals surface area contributed by atoms with Crippen molar-refractivity contribution in [1.29, 1.82) is 0 Å². The number of nitrogens with two attached hydrogens (primary N) is 1. The molecule has 0 saturated carbocycles. The Balaban J connectivity index is 2.68. The van der Waals surface area contributed by atoms with Crippen LogP contribution in [-0.4, -0.2) is 23.1 Å². The Morgan fingerprint density at radius 1 is 1.37 bits per heavy atom. The van der Waals surface area contributed by atoms with E-state index in [1.54, 1.807) is 6.07 Å². The van der Waals surface area contributed by atoms with Crippen LogP contribution < -0.4 is 5.14 Å². The van der Waals surface area contributed by atoms with Crippen LogP contribution in [0.25, 0.3) is 5.69 Å². The second-order valence-electron chi connectivity index (χ2n) is 3.80. The molecule has 0 aliphatic rings. The third-order valence-electron chi connectivity index (χ3n) is 2.58. The maximum absolute atomic E-state index is 11.3. The number of hydrogen-bond acceptors (Lipinski definition) is 5. The van der Waals surface area contributed by atoms with E-state index >= 15 is 0 Å². The Morgan fingerprint density at radius 2 is 2.00 bits per heavy atom. The summed E-state index contributed by atoms with van der Waals surface area (Å²) in [6.45, 7) is 1.48. The number of nitro benzene ring substituents is 1. The van der Waals surface area contributed by atoms with Gasteiger partial charge >= 0.3 is 0 Å². The molecule has 8 nitrogen and oxygen atoms in total. The van der Waals surface area contributed by atoms with Crippen molar-refractivity contribution < 1.29 is 13.3 Å². The van der Waals surface area contributed by atoms with Crippen LogP contribution >= 0.6 is 0 Å². The fraction of sp³-hybridized carbons (Fsp3) is 0.100. The molecule has 0 fully saturated rings. The smallest absolute Gasteiger partial charge is 0.258 e. The van der Waals surface area contributed by atoms with Gasteiger partial charge in [-0.2, -0.15) is 5.10 Å². The molecule has 0 saturated heterocycles. The lowest BCUT2D eigenvalue weighted by Crippen LogP contribution is -2.13. The van der Waals surface area contributed by atoms with Gasteiger partial charge in [0.15, 0.2) is 0 Å². The van der Waals surface area contributed by atoms with Crippen LogP contribution in [-0.2, 0) is 10.0 Å². The molecule has 0 aliphatic heterocycles. The van der Waals surface area contributed by atoms with Crippen molar-refractivity contribution in [3.63, 3.8) is 0 Å². The lowest BCUT2D eigenvalue weighted by molar-refractivity contribution is -0.384. The molecule has 1 aromatic heterocycles. The highest BCUT2D eigenvalue weighted by Gasteiger charge is 2.21. The first kappa shape index (κ1) is 13.2. The van der Waals surface area contributed by atoms with Crippen molar-refractivity contribution in [2.24, 2.45) is 5.14 Å². The molecule has 0 radical (unpaired) electrons. The van der Waals surface area contributed by atoms with Gasteiger partial charge in [0.25, 0.3) is 5.69 Å². The van der Waals surface area contributed by atoms with Crippen molar-refractivity contribution in [2.45, 2.75) is 11.8 Å². The summed E-state index contributed by atoms with van der Waals surface area (Å²) >= 11 is 0. The summed E-state index contributed by atoms with van der Waals surface area (Å²) in [4.78, 5) is 10.2. The van der Waals surface area contributed by atoms with Crippen LogP contribution in [0.3, 0.4) is 0 Å². The van der Waals surface area contributed by atoms with Crippen molar-refractivity contribution in [2.75, 3.05) is 0 Å². The predicted octanol–water partition coefficient (Wildman–Crippen LogP) is 0.736. The van der Waals surface area contributed by atoms with Gasteiger partial charge in [-0.1, -0.05) is 12.1 Å². The average Bonchev–Trinajstić information content (AvgIpc) is 2.70. The van der Waals surface area contributed by atoms with Crippen molar-refractivity contribution >= 4 is 15.7 Å². The molecule has 2 rings (SSSR count). The number of primary sulfonamides is 1. The zero-order chi connectivity index (χ0) is 14.2. The van der Waals surface area contributed by atoms with Gasteiger partial charge < -0.3 is 0 Å². The summed E-state index contributed by atoms with van der Waals surface area (Å²) < 4.78 is 23.8. The van der Waals surface area contributed by atoms with E-state index in [2.05, 4.69) is 5.10 Å². The molecule has 0 amide bonds. The van der Waals surface area contributed by atoms with E-state index in [4.69, 9.17) is 5.14 Å². The predicted molar refractivity (Wildman–Crippen MR) is 66.3 cm³/mol. The quantitative estimate of drug-likeness (QED) is 0.657. The minimum absolute atomic E-state index is 0.161. The maximum atomic E-state index is 11.3. The number of hydrogen-bond donors (Lipinski definition) is 1. The van der Waals surface area contributed by atoms with Gasteiger partial charge in [0.2, 0.25) is 10.0 Å². The van der Waals surface area contributed by atoms with Crippen LogP contribution in [0.5, 0.6) is 0 Å². The first-order valence-corrected chi connectivity index (χ1v) is 6.68. The molecule has 0 atom stereocenters. The Kier molecular flexibility index (Phi) is 3.08. The molecular formula is C10H10N4O4S. The first-order chi connectivity index (χ1) is 8.82. The Labute approximate surface area is 108 Å². The molecule has 100 valence electrons. The van der Waals surface area contributed by atoms with Crippen LogP contribution in [0.15, 0.2) is 35.4 Å². The maximum Gasteiger partial charge on any atom is 0.294 e. The zero-order valence-electron chi connectivity index (χ0n) is 9.85. The zero-order valence-corrected chi connectivity index (χ0v) is 10.7. The minimum Gasteiger partial charge on any atom is -0.258 e. The van der Waals surface area contributed by atoms with Gasteiger partial charge in [-0.3, -0.25) is 10.1 Å². The van der Waals surface area contributed by atoms with Crippen molar-refractivity contribution in [3.05, 3.63) is 46.3 Å². The Bertz CT molecular complexity index is 751. The van der Waals surface area contributed by atoms with E-state index in [0.717, 1.165) is 6.20 Å². The number of nitrogens with zero attached hydrogens (tertiary/aromatic N) is 3. The molecule has 2 N–H and O–H groups in total. The second-order valence-corrected chi connectivity index (χ2v) is 5.33. The van der Waals surface area contributed by atoms with Crippen molar-refractivity contribution in [3.8, 4) is 5.69 Å². The fourth-order valence-electron chi connectivity index (χ4n) is 1.71. The number of nitro groups is 1. The summed E-state index contributed by atoms with van der Waals surface area (Å²) in [5.41, 5.74) is 0.228. The fourth-order valence-corrected chi connectivity index (χ4v) is 2.41. The number of benzene rings is 1. The first-order valence-electron chi connectivity index (χ1n) is 5.13. The third-order valence-corrected chi connectivity index (χ3v) is 3.59. The van der Waals surface area contributed by atoms with Gasteiger partial charge in [0.05, 0.1) is 16.8 Å². The Morgan fingerprint density at radius 3 is 2.53 bits per heavy atom. The minimum atomic E-state index is -3.91. The van der Waals surface area contributed by atoms with E-state index in [-0.39, 0.29) is 22.0 Å². The molecule has 1 aromatic carbocycles. The second kappa shape index (κ2) is 4.44. The van der Waals surface area contributed by atoms with E-state index in [1.807, 2.05) is 0 Å². The largest absolute Gasteiger partial charge is 0.294 e. The van der Waals surface area contributed by atoms with Gasteiger partial charge in [0.1, 0.15) is 10.6 Å².